The molecule has 0 radical (unpaired) electrons. The number of Topliss-reactive ketones (excluding diaryl/α,β-unsaturated/α-hetero) is 1. The van der Waals surface area contributed by atoms with Gasteiger partial charge in [0.1, 0.15) is 5.78 Å². The molecule has 1 aromatic rings. The lowest BCUT2D eigenvalue weighted by molar-refractivity contribution is -0.132. The molecule has 3 nitrogen and oxygen atoms in total. The maximum absolute atomic E-state index is 11.6. The van der Waals surface area contributed by atoms with Gasteiger partial charge in [0.25, 0.3) is 0 Å². The third kappa shape index (κ3) is 4.81. The molecule has 92 valence electrons. The summed E-state index contributed by atoms with van der Waals surface area (Å²) < 4.78 is 0. The minimum absolute atomic E-state index is 0.0388. The number of hydrogen-bond donors (Lipinski definition) is 1. The van der Waals surface area contributed by atoms with Crippen molar-refractivity contribution in [3.8, 4) is 0 Å². The van der Waals surface area contributed by atoms with E-state index in [0.29, 0.717) is 6.54 Å². The molecule has 1 rings (SSSR count). The molecular formula is C14H19NO2. The van der Waals surface area contributed by atoms with E-state index in [1.54, 1.807) is 0 Å². The molecular weight excluding hydrogens is 214 g/mol. The van der Waals surface area contributed by atoms with Gasteiger partial charge in [-0.05, 0) is 5.56 Å². The van der Waals surface area contributed by atoms with Crippen LogP contribution < -0.4 is 5.32 Å². The number of rotatable bonds is 4. The third-order valence-electron chi connectivity index (χ3n) is 2.49. The highest BCUT2D eigenvalue weighted by atomic mass is 16.2. The minimum atomic E-state index is -0.454. The Labute approximate surface area is 102 Å². The molecule has 1 N–H and O–H groups in total. The fourth-order valence-electron chi connectivity index (χ4n) is 1.27. The van der Waals surface area contributed by atoms with Gasteiger partial charge in [-0.1, -0.05) is 51.1 Å². The van der Waals surface area contributed by atoms with Crippen LogP contribution >= 0.6 is 0 Å². The second-order valence-corrected chi connectivity index (χ2v) is 5.11. The van der Waals surface area contributed by atoms with E-state index in [-0.39, 0.29) is 18.1 Å². The summed E-state index contributed by atoms with van der Waals surface area (Å²) >= 11 is 0. The van der Waals surface area contributed by atoms with E-state index < -0.39 is 5.41 Å². The summed E-state index contributed by atoms with van der Waals surface area (Å²) in [5, 5.41) is 2.74. The van der Waals surface area contributed by atoms with Crippen LogP contribution in [-0.4, -0.2) is 11.7 Å². The second kappa shape index (κ2) is 5.62. The van der Waals surface area contributed by atoms with Crippen LogP contribution in [0.15, 0.2) is 30.3 Å². The van der Waals surface area contributed by atoms with E-state index in [1.807, 2.05) is 51.1 Å². The second-order valence-electron chi connectivity index (χ2n) is 5.11. The van der Waals surface area contributed by atoms with Gasteiger partial charge in [0, 0.05) is 12.0 Å². The molecule has 0 aromatic heterocycles. The zero-order valence-electron chi connectivity index (χ0n) is 10.6. The monoisotopic (exact) mass is 233 g/mol. The Kier molecular flexibility index (Phi) is 4.44. The Morgan fingerprint density at radius 1 is 1.12 bits per heavy atom. The van der Waals surface area contributed by atoms with Crippen molar-refractivity contribution in [1.82, 2.24) is 5.32 Å². The van der Waals surface area contributed by atoms with Crippen LogP contribution in [0.4, 0.5) is 0 Å². The van der Waals surface area contributed by atoms with Gasteiger partial charge in [0.2, 0.25) is 5.91 Å². The molecule has 17 heavy (non-hydrogen) atoms. The van der Waals surface area contributed by atoms with E-state index in [2.05, 4.69) is 5.32 Å². The summed E-state index contributed by atoms with van der Waals surface area (Å²) in [5.41, 5.74) is 0.577. The van der Waals surface area contributed by atoms with E-state index in [0.717, 1.165) is 5.56 Å². The maximum atomic E-state index is 11.6. The number of hydrogen-bond acceptors (Lipinski definition) is 2. The van der Waals surface area contributed by atoms with Crippen molar-refractivity contribution in [3.63, 3.8) is 0 Å². The van der Waals surface area contributed by atoms with Crippen LogP contribution in [0, 0.1) is 5.41 Å². The zero-order chi connectivity index (χ0) is 12.9. The lowest BCUT2D eigenvalue weighted by Gasteiger charge is -2.16. The minimum Gasteiger partial charge on any atom is -0.352 e. The summed E-state index contributed by atoms with van der Waals surface area (Å²) in [6.45, 7) is 5.93. The average molecular weight is 233 g/mol. The van der Waals surface area contributed by atoms with Gasteiger partial charge in [-0.25, -0.2) is 0 Å². The molecule has 1 aromatic carbocycles. The molecule has 0 aliphatic heterocycles. The van der Waals surface area contributed by atoms with Crippen molar-refractivity contribution in [1.29, 1.82) is 0 Å². The van der Waals surface area contributed by atoms with E-state index in [9.17, 15) is 9.59 Å². The van der Waals surface area contributed by atoms with E-state index in [1.165, 1.54) is 0 Å². The molecule has 0 saturated carbocycles. The molecule has 0 heterocycles. The van der Waals surface area contributed by atoms with Crippen molar-refractivity contribution in [2.24, 2.45) is 5.41 Å². The number of nitrogens with one attached hydrogen (secondary N) is 1. The van der Waals surface area contributed by atoms with Crippen LogP contribution in [0.3, 0.4) is 0 Å². The van der Waals surface area contributed by atoms with Crippen molar-refractivity contribution < 1.29 is 9.59 Å². The highest BCUT2D eigenvalue weighted by Gasteiger charge is 2.23. The maximum Gasteiger partial charge on any atom is 0.227 e. The first kappa shape index (κ1) is 13.4. The molecule has 0 atom stereocenters. The molecule has 3 heteroatoms. The summed E-state index contributed by atoms with van der Waals surface area (Å²) in [5.74, 6) is -0.253. The largest absolute Gasteiger partial charge is 0.352 e. The number of carbonyl (C=O) groups is 2. The first-order valence-electron chi connectivity index (χ1n) is 5.73. The Bertz CT molecular complexity index is 390. The van der Waals surface area contributed by atoms with Gasteiger partial charge in [0.05, 0.1) is 6.42 Å². The Balaban J connectivity index is 2.39. The van der Waals surface area contributed by atoms with Crippen molar-refractivity contribution >= 4 is 11.7 Å². The fraction of sp³-hybridized carbons (Fsp3) is 0.429. The molecule has 0 aliphatic rings. The molecule has 0 spiro atoms. The number of benzene rings is 1. The third-order valence-corrected chi connectivity index (χ3v) is 2.49. The van der Waals surface area contributed by atoms with Crippen LogP contribution in [0.25, 0.3) is 0 Å². The SMILES string of the molecule is CC(C)(C)C(=O)CC(=O)NCc1ccccc1. The fourth-order valence-corrected chi connectivity index (χ4v) is 1.27. The van der Waals surface area contributed by atoms with E-state index in [4.69, 9.17) is 0 Å². The van der Waals surface area contributed by atoms with Gasteiger partial charge in [-0.15, -0.1) is 0 Å². The highest BCUT2D eigenvalue weighted by molar-refractivity contribution is 6.00. The van der Waals surface area contributed by atoms with Crippen molar-refractivity contribution in [2.45, 2.75) is 33.7 Å². The number of carbonyl (C=O) groups excluding carboxylic acids is 2. The zero-order valence-corrected chi connectivity index (χ0v) is 10.6. The van der Waals surface area contributed by atoms with Crippen LogP contribution in [0.1, 0.15) is 32.8 Å². The Morgan fingerprint density at radius 2 is 1.71 bits per heavy atom. The van der Waals surface area contributed by atoms with Gasteiger partial charge >= 0.3 is 0 Å². The summed E-state index contributed by atoms with van der Waals surface area (Å²) in [6, 6.07) is 9.63. The first-order valence-corrected chi connectivity index (χ1v) is 5.73. The van der Waals surface area contributed by atoms with Crippen LogP contribution in [-0.2, 0) is 16.1 Å². The van der Waals surface area contributed by atoms with Gasteiger partial charge in [0.15, 0.2) is 0 Å². The van der Waals surface area contributed by atoms with Crippen molar-refractivity contribution in [2.75, 3.05) is 0 Å². The lowest BCUT2D eigenvalue weighted by atomic mass is 9.89. The molecule has 0 bridgehead atoms. The molecule has 0 saturated heterocycles. The summed E-state index contributed by atoms with van der Waals surface area (Å²) in [7, 11) is 0. The molecule has 0 aliphatic carbocycles. The van der Waals surface area contributed by atoms with E-state index >= 15 is 0 Å². The van der Waals surface area contributed by atoms with Gasteiger partial charge < -0.3 is 5.32 Å². The highest BCUT2D eigenvalue weighted by Crippen LogP contribution is 2.16. The van der Waals surface area contributed by atoms with Crippen LogP contribution in [0.5, 0.6) is 0 Å². The van der Waals surface area contributed by atoms with Crippen LogP contribution in [0.2, 0.25) is 0 Å². The normalized spacial score (nSPS) is 11.0. The molecule has 1 amide bonds. The topological polar surface area (TPSA) is 46.2 Å². The van der Waals surface area contributed by atoms with Crippen molar-refractivity contribution in [3.05, 3.63) is 35.9 Å². The predicted molar refractivity (Wildman–Crippen MR) is 67.4 cm³/mol. The summed E-state index contributed by atoms with van der Waals surface area (Å²) in [4.78, 5) is 23.2. The van der Waals surface area contributed by atoms with Gasteiger partial charge in [-0.2, -0.15) is 0 Å². The average Bonchev–Trinajstić information content (AvgIpc) is 2.26. The Morgan fingerprint density at radius 3 is 2.24 bits per heavy atom. The molecule has 0 fully saturated rings. The number of ketones is 1. The molecule has 0 unspecified atom stereocenters. The smallest absolute Gasteiger partial charge is 0.227 e. The standard InChI is InChI=1S/C14H19NO2/c1-14(2,3)12(16)9-13(17)15-10-11-7-5-4-6-8-11/h4-8H,9-10H2,1-3H3,(H,15,17). The first-order chi connectivity index (χ1) is 7.89. The Hall–Kier alpha value is -1.64. The summed E-state index contributed by atoms with van der Waals surface area (Å²) in [6.07, 6.45) is -0.0453. The predicted octanol–water partition coefficient (Wildman–Crippen LogP) is 2.31. The number of amides is 1. The quantitative estimate of drug-likeness (QED) is 0.811. The lowest BCUT2D eigenvalue weighted by Crippen LogP contribution is -2.30. The van der Waals surface area contributed by atoms with Gasteiger partial charge in [-0.3, -0.25) is 9.59 Å².